The number of aliphatic hydroxyl groups excluding tert-OH is 1. The second kappa shape index (κ2) is 13.4. The SMILES string of the molecule is CCOC(C)(C)C(=O)Nc1ncnn2c([C@]3(C#N)O[C@H](COC(=O)CC4CCCC4)[C@@H](OC(=O)[C@H](N)C(C)(C)C)[C@H]3O)ccc12. The summed E-state index contributed by atoms with van der Waals surface area (Å²) in [7, 11) is 0. The smallest absolute Gasteiger partial charge is 0.323 e. The van der Waals surface area contributed by atoms with E-state index in [2.05, 4.69) is 15.4 Å². The monoisotopic (exact) mass is 628 g/mol. The quantitative estimate of drug-likeness (QED) is 0.307. The zero-order chi connectivity index (χ0) is 33.2. The summed E-state index contributed by atoms with van der Waals surface area (Å²) in [6, 6.07) is 4.03. The van der Waals surface area contributed by atoms with Crippen LogP contribution in [0.25, 0.3) is 5.52 Å². The Morgan fingerprint density at radius 1 is 1.24 bits per heavy atom. The molecule has 45 heavy (non-hydrogen) atoms. The molecule has 2 aliphatic rings. The van der Waals surface area contributed by atoms with Gasteiger partial charge in [-0.25, -0.2) is 9.50 Å². The van der Waals surface area contributed by atoms with E-state index >= 15 is 0 Å². The van der Waals surface area contributed by atoms with Crippen molar-refractivity contribution in [2.45, 2.75) is 109 Å². The van der Waals surface area contributed by atoms with Crippen molar-refractivity contribution in [2.24, 2.45) is 17.1 Å². The Morgan fingerprint density at radius 3 is 2.56 bits per heavy atom. The van der Waals surface area contributed by atoms with Crippen LogP contribution in [-0.4, -0.2) is 80.7 Å². The zero-order valence-corrected chi connectivity index (χ0v) is 26.7. The molecule has 14 nitrogen and oxygen atoms in total. The van der Waals surface area contributed by atoms with E-state index in [0.29, 0.717) is 12.1 Å². The van der Waals surface area contributed by atoms with Crippen molar-refractivity contribution in [3.63, 3.8) is 0 Å². The third kappa shape index (κ3) is 7.12. The van der Waals surface area contributed by atoms with Crippen LogP contribution in [0.1, 0.15) is 79.3 Å². The Hall–Kier alpha value is -3.64. The number of aliphatic hydroxyl groups is 1. The van der Waals surface area contributed by atoms with Gasteiger partial charge in [-0.1, -0.05) is 33.6 Å². The Balaban J connectivity index is 1.66. The van der Waals surface area contributed by atoms with E-state index < -0.39 is 58.8 Å². The van der Waals surface area contributed by atoms with E-state index in [1.54, 1.807) is 47.6 Å². The van der Waals surface area contributed by atoms with Crippen molar-refractivity contribution < 1.29 is 38.4 Å². The fourth-order valence-electron chi connectivity index (χ4n) is 5.68. The van der Waals surface area contributed by atoms with Gasteiger partial charge in [0.2, 0.25) is 5.60 Å². The van der Waals surface area contributed by atoms with Gasteiger partial charge in [0.1, 0.15) is 48.4 Å². The Kier molecular flexibility index (Phi) is 10.2. The fourth-order valence-corrected chi connectivity index (χ4v) is 5.68. The van der Waals surface area contributed by atoms with Crippen LogP contribution in [0.15, 0.2) is 18.5 Å². The first-order valence-corrected chi connectivity index (χ1v) is 15.3. The van der Waals surface area contributed by atoms with Gasteiger partial charge in [0.05, 0.1) is 5.69 Å². The highest BCUT2D eigenvalue weighted by atomic mass is 16.6. The molecule has 0 bridgehead atoms. The molecule has 0 aromatic carbocycles. The number of esters is 2. The predicted molar refractivity (Wildman–Crippen MR) is 160 cm³/mol. The van der Waals surface area contributed by atoms with E-state index in [1.807, 2.05) is 6.07 Å². The maximum absolute atomic E-state index is 13.1. The number of ether oxygens (including phenoxy) is 4. The number of hydrogen-bond donors (Lipinski definition) is 3. The van der Waals surface area contributed by atoms with Crippen LogP contribution in [0, 0.1) is 22.7 Å². The summed E-state index contributed by atoms with van der Waals surface area (Å²) in [6.45, 7) is 10.3. The number of fused-ring (bicyclic) bond motifs is 1. The molecule has 246 valence electrons. The molecule has 3 heterocycles. The normalized spacial score (nSPS) is 24.7. The van der Waals surface area contributed by atoms with Gasteiger partial charge in [0.15, 0.2) is 11.9 Å². The summed E-state index contributed by atoms with van der Waals surface area (Å²) >= 11 is 0. The lowest BCUT2D eigenvalue weighted by Gasteiger charge is -2.29. The molecule has 0 unspecified atom stereocenters. The molecule has 1 aliphatic carbocycles. The van der Waals surface area contributed by atoms with Crippen molar-refractivity contribution in [2.75, 3.05) is 18.5 Å². The number of hydrogen-bond acceptors (Lipinski definition) is 12. The second-order valence-corrected chi connectivity index (χ2v) is 13.3. The van der Waals surface area contributed by atoms with Crippen molar-refractivity contribution in [1.82, 2.24) is 14.6 Å². The lowest BCUT2D eigenvalue weighted by atomic mass is 9.87. The van der Waals surface area contributed by atoms with Crippen molar-refractivity contribution in [1.29, 1.82) is 5.26 Å². The van der Waals surface area contributed by atoms with Gasteiger partial charge < -0.3 is 35.1 Å². The van der Waals surface area contributed by atoms with Gasteiger partial charge >= 0.3 is 11.9 Å². The summed E-state index contributed by atoms with van der Waals surface area (Å²) in [6.07, 6.45) is 1.09. The third-order valence-corrected chi connectivity index (χ3v) is 8.49. The van der Waals surface area contributed by atoms with Gasteiger partial charge in [-0.05, 0) is 57.1 Å². The number of nitrogens with one attached hydrogen (secondary N) is 1. The van der Waals surface area contributed by atoms with E-state index in [1.165, 1.54) is 16.9 Å². The molecule has 1 aliphatic heterocycles. The summed E-state index contributed by atoms with van der Waals surface area (Å²) in [4.78, 5) is 42.9. The summed E-state index contributed by atoms with van der Waals surface area (Å²) < 4.78 is 24.2. The molecule has 1 saturated carbocycles. The number of nitriles is 1. The van der Waals surface area contributed by atoms with Crippen molar-refractivity contribution >= 4 is 29.2 Å². The number of amides is 1. The van der Waals surface area contributed by atoms with Crippen molar-refractivity contribution in [3.05, 3.63) is 24.2 Å². The zero-order valence-electron chi connectivity index (χ0n) is 26.7. The van der Waals surface area contributed by atoms with Crippen LogP contribution in [0.5, 0.6) is 0 Å². The molecule has 2 aromatic heterocycles. The largest absolute Gasteiger partial charge is 0.463 e. The molecular formula is C31H44N6O8. The molecule has 14 heteroatoms. The van der Waals surface area contributed by atoms with Crippen LogP contribution < -0.4 is 11.1 Å². The van der Waals surface area contributed by atoms with Gasteiger partial charge in [-0.2, -0.15) is 10.4 Å². The molecule has 2 fully saturated rings. The minimum absolute atomic E-state index is 0.0791. The van der Waals surface area contributed by atoms with Crippen molar-refractivity contribution in [3.8, 4) is 6.07 Å². The number of rotatable bonds is 11. The molecule has 1 saturated heterocycles. The number of aromatic nitrogens is 3. The van der Waals surface area contributed by atoms with Crippen LogP contribution in [0.3, 0.4) is 0 Å². The van der Waals surface area contributed by atoms with Gasteiger partial charge in [-0.3, -0.25) is 14.4 Å². The average Bonchev–Trinajstić information content (AvgIpc) is 3.71. The molecule has 0 radical (unpaired) electrons. The predicted octanol–water partition coefficient (Wildman–Crippen LogP) is 2.37. The highest BCUT2D eigenvalue weighted by Gasteiger charge is 2.60. The molecule has 0 spiro atoms. The van der Waals surface area contributed by atoms with E-state index in [9.17, 15) is 24.8 Å². The van der Waals surface area contributed by atoms with Crippen LogP contribution in [0.4, 0.5) is 5.82 Å². The van der Waals surface area contributed by atoms with Crippen LogP contribution in [-0.2, 0) is 38.9 Å². The first-order chi connectivity index (χ1) is 21.1. The first-order valence-electron chi connectivity index (χ1n) is 15.3. The minimum atomic E-state index is -2.12. The second-order valence-electron chi connectivity index (χ2n) is 13.3. The molecule has 1 amide bonds. The minimum Gasteiger partial charge on any atom is -0.463 e. The van der Waals surface area contributed by atoms with Gasteiger partial charge in [0.25, 0.3) is 5.91 Å². The number of nitrogens with two attached hydrogens (primary N) is 1. The molecule has 4 rings (SSSR count). The highest BCUT2D eigenvalue weighted by Crippen LogP contribution is 2.42. The molecule has 4 N–H and O–H groups in total. The van der Waals surface area contributed by atoms with E-state index in [-0.39, 0.29) is 30.5 Å². The first kappa shape index (κ1) is 34.2. The molecule has 5 atom stereocenters. The summed E-state index contributed by atoms with van der Waals surface area (Å²) in [5.74, 6) is -1.34. The summed E-state index contributed by atoms with van der Waals surface area (Å²) in [5, 5.41) is 29.2. The Bertz CT molecular complexity index is 1440. The highest BCUT2D eigenvalue weighted by molar-refractivity contribution is 5.98. The summed E-state index contributed by atoms with van der Waals surface area (Å²) in [5.41, 5.74) is 2.58. The fraction of sp³-hybridized carbons (Fsp3) is 0.677. The Labute approximate surface area is 262 Å². The lowest BCUT2D eigenvalue weighted by Crippen LogP contribution is -2.49. The number of carbonyl (C=O) groups is 3. The van der Waals surface area contributed by atoms with Gasteiger partial charge in [-0.15, -0.1) is 0 Å². The standard InChI is InChI=1S/C31H44N6O8/c1-7-43-30(5,6)28(41)36-26-19-12-13-21(37(19)35-17-34-26)31(16-32)25(39)23(44-27(40)24(33)29(2,3)4)20(45-31)15-42-22(38)14-18-10-8-9-11-18/h12-13,17-18,20,23-25,39H,7-11,14-15,33H2,1-6H3,(H,34,35,36,41)/t20-,23-,24+,25-,31+/m1/s1. The van der Waals surface area contributed by atoms with E-state index in [4.69, 9.17) is 24.7 Å². The topological polar surface area (TPSA) is 200 Å². The van der Waals surface area contributed by atoms with Crippen LogP contribution >= 0.6 is 0 Å². The number of nitrogens with zero attached hydrogens (tertiary/aromatic N) is 4. The third-order valence-electron chi connectivity index (χ3n) is 8.49. The van der Waals surface area contributed by atoms with Crippen LogP contribution in [0.2, 0.25) is 0 Å². The maximum atomic E-state index is 13.1. The molecule has 2 aromatic rings. The van der Waals surface area contributed by atoms with Gasteiger partial charge in [0, 0.05) is 13.0 Å². The lowest BCUT2D eigenvalue weighted by molar-refractivity contribution is -0.163. The Morgan fingerprint density at radius 2 is 1.93 bits per heavy atom. The number of carbonyl (C=O) groups excluding carboxylic acids is 3. The maximum Gasteiger partial charge on any atom is 0.323 e. The van der Waals surface area contributed by atoms with E-state index in [0.717, 1.165) is 25.7 Å². The molecular weight excluding hydrogens is 584 g/mol. The number of anilines is 1. The average molecular weight is 629 g/mol.